The maximum atomic E-state index is 12.1. The molecule has 2 aromatic rings. The Bertz CT molecular complexity index is 703. The zero-order chi connectivity index (χ0) is 14.0. The highest BCUT2D eigenvalue weighted by Crippen LogP contribution is 2.06. The molecule has 100 valence electrons. The number of aryl methyl sites for hydroxylation is 1. The van der Waals surface area contributed by atoms with Crippen LogP contribution < -0.4 is 11.2 Å². The summed E-state index contributed by atoms with van der Waals surface area (Å²) in [7, 11) is 0. The molecule has 7 heteroatoms. The zero-order valence-corrected chi connectivity index (χ0v) is 11.4. The Morgan fingerprint density at radius 2 is 2.05 bits per heavy atom. The van der Waals surface area contributed by atoms with E-state index in [9.17, 15) is 9.59 Å². The number of hydrogen-bond donors (Lipinski definition) is 1. The quantitative estimate of drug-likeness (QED) is 0.847. The molecular weight excluding hydrogens is 268 g/mol. The fraction of sp³-hybridized carbons (Fsp3) is 0.333. The lowest BCUT2D eigenvalue weighted by molar-refractivity contribution is 0.670. The number of H-pyrrole nitrogens is 1. The van der Waals surface area contributed by atoms with Gasteiger partial charge in [0.05, 0.1) is 29.7 Å². The summed E-state index contributed by atoms with van der Waals surface area (Å²) in [6.07, 6.45) is 3.58. The van der Waals surface area contributed by atoms with Gasteiger partial charge >= 0.3 is 5.69 Å². The highest BCUT2D eigenvalue weighted by molar-refractivity contribution is 6.30. The molecule has 0 fully saturated rings. The van der Waals surface area contributed by atoms with Crippen LogP contribution in [-0.4, -0.2) is 19.5 Å². The van der Waals surface area contributed by atoms with Gasteiger partial charge in [-0.1, -0.05) is 18.5 Å². The highest BCUT2D eigenvalue weighted by atomic mass is 35.5. The molecule has 0 saturated carbocycles. The summed E-state index contributed by atoms with van der Waals surface area (Å²) < 4.78 is 1.07. The van der Waals surface area contributed by atoms with Crippen molar-refractivity contribution in [3.8, 4) is 0 Å². The van der Waals surface area contributed by atoms with Gasteiger partial charge in [-0.2, -0.15) is 0 Å². The first-order chi connectivity index (χ1) is 9.02. The molecule has 2 aromatic heterocycles. The number of aromatic amines is 1. The van der Waals surface area contributed by atoms with Crippen molar-refractivity contribution >= 4 is 11.6 Å². The lowest BCUT2D eigenvalue weighted by Crippen LogP contribution is -2.37. The van der Waals surface area contributed by atoms with Crippen LogP contribution in [0.5, 0.6) is 0 Å². The lowest BCUT2D eigenvalue weighted by Gasteiger charge is -2.07. The fourth-order valence-electron chi connectivity index (χ4n) is 1.70. The van der Waals surface area contributed by atoms with Gasteiger partial charge in [0.15, 0.2) is 0 Å². The van der Waals surface area contributed by atoms with Crippen molar-refractivity contribution in [2.45, 2.75) is 26.8 Å². The topological polar surface area (TPSA) is 80.6 Å². The zero-order valence-electron chi connectivity index (χ0n) is 10.6. The van der Waals surface area contributed by atoms with Crippen LogP contribution in [0, 0.1) is 6.92 Å². The molecule has 0 radical (unpaired) electrons. The van der Waals surface area contributed by atoms with Crippen LogP contribution in [0.2, 0.25) is 5.15 Å². The van der Waals surface area contributed by atoms with Crippen LogP contribution in [0.25, 0.3) is 0 Å². The molecule has 0 aliphatic carbocycles. The summed E-state index contributed by atoms with van der Waals surface area (Å²) in [6, 6.07) is 0. The molecule has 1 N–H and O–H groups in total. The van der Waals surface area contributed by atoms with E-state index in [2.05, 4.69) is 15.0 Å². The molecule has 0 aliphatic heterocycles. The fourth-order valence-corrected chi connectivity index (χ4v) is 1.99. The van der Waals surface area contributed by atoms with E-state index in [1.165, 1.54) is 0 Å². The van der Waals surface area contributed by atoms with E-state index in [4.69, 9.17) is 11.6 Å². The molecule has 19 heavy (non-hydrogen) atoms. The first-order valence-corrected chi connectivity index (χ1v) is 6.19. The van der Waals surface area contributed by atoms with Crippen molar-refractivity contribution in [2.24, 2.45) is 0 Å². The van der Waals surface area contributed by atoms with Gasteiger partial charge in [-0.05, 0) is 13.3 Å². The Morgan fingerprint density at radius 1 is 1.32 bits per heavy atom. The summed E-state index contributed by atoms with van der Waals surface area (Å²) in [5.74, 6) is 0. The smallest absolute Gasteiger partial charge is 0.297 e. The standard InChI is InChI=1S/C12H13ClN4O2/c1-3-9-10(13)16-12(19)17(11(9)18)6-8-5-14-7(2)4-15-8/h4-5H,3,6H2,1-2H3,(H,16,19). The minimum atomic E-state index is -0.547. The van der Waals surface area contributed by atoms with Crippen molar-refractivity contribution in [3.63, 3.8) is 0 Å². The first kappa shape index (κ1) is 13.5. The second-order valence-corrected chi connectivity index (χ2v) is 4.49. The molecule has 0 bridgehead atoms. The van der Waals surface area contributed by atoms with Crippen molar-refractivity contribution in [2.75, 3.05) is 0 Å². The second-order valence-electron chi connectivity index (χ2n) is 4.12. The van der Waals surface area contributed by atoms with E-state index in [1.54, 1.807) is 19.3 Å². The highest BCUT2D eigenvalue weighted by Gasteiger charge is 2.11. The normalized spacial score (nSPS) is 10.7. The monoisotopic (exact) mass is 280 g/mol. The van der Waals surface area contributed by atoms with E-state index in [0.717, 1.165) is 10.3 Å². The van der Waals surface area contributed by atoms with Gasteiger partial charge in [0, 0.05) is 6.20 Å². The molecule has 0 amide bonds. The SMILES string of the molecule is CCc1c(Cl)[nH]c(=O)n(Cc2cnc(C)cn2)c1=O. The van der Waals surface area contributed by atoms with E-state index < -0.39 is 11.2 Å². The third kappa shape index (κ3) is 2.73. The summed E-state index contributed by atoms with van der Waals surface area (Å²) in [5.41, 5.74) is 0.771. The number of nitrogens with zero attached hydrogens (tertiary/aromatic N) is 3. The predicted octanol–water partition coefficient (Wildman–Crippen LogP) is 0.899. The predicted molar refractivity (Wildman–Crippen MR) is 71.6 cm³/mol. The molecule has 2 heterocycles. The van der Waals surface area contributed by atoms with Crippen LogP contribution in [0.1, 0.15) is 23.9 Å². The van der Waals surface area contributed by atoms with Crippen molar-refractivity contribution in [1.29, 1.82) is 0 Å². The number of rotatable bonds is 3. The van der Waals surface area contributed by atoms with Gasteiger partial charge in [0.2, 0.25) is 0 Å². The molecule has 2 rings (SSSR count). The van der Waals surface area contributed by atoms with Gasteiger partial charge in [-0.15, -0.1) is 0 Å². The maximum Gasteiger partial charge on any atom is 0.329 e. The molecule has 0 unspecified atom stereocenters. The van der Waals surface area contributed by atoms with Crippen LogP contribution in [0.4, 0.5) is 0 Å². The van der Waals surface area contributed by atoms with E-state index in [0.29, 0.717) is 17.7 Å². The Balaban J connectivity index is 2.49. The van der Waals surface area contributed by atoms with Gasteiger partial charge in [-0.3, -0.25) is 24.3 Å². The van der Waals surface area contributed by atoms with Crippen LogP contribution >= 0.6 is 11.6 Å². The van der Waals surface area contributed by atoms with Crippen molar-refractivity contribution in [1.82, 2.24) is 19.5 Å². The number of hydrogen-bond acceptors (Lipinski definition) is 4. The molecule has 0 spiro atoms. The Kier molecular flexibility index (Phi) is 3.80. The maximum absolute atomic E-state index is 12.1. The third-order valence-electron chi connectivity index (χ3n) is 2.74. The van der Waals surface area contributed by atoms with Crippen molar-refractivity contribution in [3.05, 3.63) is 55.3 Å². The number of halogens is 1. The Labute approximate surface area is 114 Å². The molecular formula is C12H13ClN4O2. The molecule has 6 nitrogen and oxygen atoms in total. The van der Waals surface area contributed by atoms with Gasteiger partial charge < -0.3 is 0 Å². The Hall–Kier alpha value is -1.95. The average Bonchev–Trinajstić information content (AvgIpc) is 2.37. The van der Waals surface area contributed by atoms with E-state index >= 15 is 0 Å². The molecule has 0 atom stereocenters. The molecule has 0 aromatic carbocycles. The van der Waals surface area contributed by atoms with Crippen molar-refractivity contribution < 1.29 is 0 Å². The Morgan fingerprint density at radius 3 is 2.63 bits per heavy atom. The second kappa shape index (κ2) is 5.36. The van der Waals surface area contributed by atoms with Gasteiger partial charge in [0.25, 0.3) is 5.56 Å². The molecule has 0 saturated heterocycles. The number of nitrogens with one attached hydrogen (secondary N) is 1. The van der Waals surface area contributed by atoms with Gasteiger partial charge in [0.1, 0.15) is 5.15 Å². The van der Waals surface area contributed by atoms with Crippen LogP contribution in [-0.2, 0) is 13.0 Å². The van der Waals surface area contributed by atoms with E-state index in [-0.39, 0.29) is 11.7 Å². The van der Waals surface area contributed by atoms with Crippen LogP contribution in [0.3, 0.4) is 0 Å². The minimum absolute atomic E-state index is 0.0750. The third-order valence-corrected chi connectivity index (χ3v) is 3.06. The largest absolute Gasteiger partial charge is 0.329 e. The molecule has 0 aliphatic rings. The van der Waals surface area contributed by atoms with E-state index in [1.807, 2.05) is 6.92 Å². The summed E-state index contributed by atoms with van der Waals surface area (Å²) in [4.78, 5) is 34.6. The summed E-state index contributed by atoms with van der Waals surface area (Å²) >= 11 is 5.83. The average molecular weight is 281 g/mol. The van der Waals surface area contributed by atoms with Gasteiger partial charge in [-0.25, -0.2) is 4.79 Å². The van der Waals surface area contributed by atoms with Crippen LogP contribution in [0.15, 0.2) is 22.0 Å². The number of aromatic nitrogens is 4. The summed E-state index contributed by atoms with van der Waals surface area (Å²) in [5, 5.41) is 0.101. The minimum Gasteiger partial charge on any atom is -0.297 e. The first-order valence-electron chi connectivity index (χ1n) is 5.82. The lowest BCUT2D eigenvalue weighted by atomic mass is 10.2. The summed E-state index contributed by atoms with van der Waals surface area (Å²) in [6.45, 7) is 3.69.